The van der Waals surface area contributed by atoms with E-state index in [1.54, 1.807) is 22.7 Å². The van der Waals surface area contributed by atoms with E-state index in [-0.39, 0.29) is 11.9 Å². The Morgan fingerprint density at radius 3 is 2.76 bits per heavy atom. The molecule has 0 saturated heterocycles. The van der Waals surface area contributed by atoms with Gasteiger partial charge >= 0.3 is 0 Å². The van der Waals surface area contributed by atoms with E-state index in [4.69, 9.17) is 0 Å². The van der Waals surface area contributed by atoms with Crippen molar-refractivity contribution in [2.24, 2.45) is 0 Å². The molecule has 29 heavy (non-hydrogen) atoms. The van der Waals surface area contributed by atoms with Crippen molar-refractivity contribution < 1.29 is 9.90 Å². The lowest BCUT2D eigenvalue weighted by atomic mass is 9.89. The molecule has 1 fully saturated rings. The number of nitrogens with zero attached hydrogens (tertiary/aromatic N) is 2. The third-order valence-electron chi connectivity index (χ3n) is 5.35. The molecule has 4 aromatic rings. The quantitative estimate of drug-likeness (QED) is 0.505. The Labute approximate surface area is 176 Å². The molecule has 0 bridgehead atoms. The second-order valence-electron chi connectivity index (χ2n) is 7.27. The van der Waals surface area contributed by atoms with Crippen LogP contribution in [0, 0.1) is 0 Å². The second-order valence-corrected chi connectivity index (χ2v) is 8.91. The van der Waals surface area contributed by atoms with Crippen LogP contribution < -0.4 is 5.32 Å². The first-order valence-corrected chi connectivity index (χ1v) is 11.3. The van der Waals surface area contributed by atoms with Gasteiger partial charge in [0.2, 0.25) is 0 Å². The van der Waals surface area contributed by atoms with E-state index in [2.05, 4.69) is 39.6 Å². The van der Waals surface area contributed by atoms with Gasteiger partial charge in [-0.25, -0.2) is 9.97 Å². The number of fused-ring (bicyclic) bond motifs is 1. The van der Waals surface area contributed by atoms with Crippen molar-refractivity contribution in [1.29, 1.82) is 0 Å². The van der Waals surface area contributed by atoms with Crippen LogP contribution in [0.25, 0.3) is 21.5 Å². The zero-order valence-corrected chi connectivity index (χ0v) is 17.2. The highest BCUT2D eigenvalue weighted by atomic mass is 32.1. The molecule has 0 aliphatic heterocycles. The Morgan fingerprint density at radius 1 is 1.21 bits per heavy atom. The van der Waals surface area contributed by atoms with Crippen molar-refractivity contribution in [3.05, 3.63) is 69.5 Å². The van der Waals surface area contributed by atoms with Gasteiger partial charge in [0.05, 0.1) is 33.6 Å². The first-order chi connectivity index (χ1) is 14.2. The zero-order chi connectivity index (χ0) is 19.8. The number of rotatable bonds is 5. The van der Waals surface area contributed by atoms with Gasteiger partial charge in [-0.15, -0.1) is 22.7 Å². The summed E-state index contributed by atoms with van der Waals surface area (Å²) in [6, 6.07) is 12.1. The molecule has 7 heteroatoms. The topological polar surface area (TPSA) is 75.1 Å². The van der Waals surface area contributed by atoms with Gasteiger partial charge in [0.1, 0.15) is 5.69 Å². The molecule has 1 saturated carbocycles. The molecule has 146 valence electrons. The number of carbonyl (C=O) groups is 1. The average molecular weight is 422 g/mol. The zero-order valence-electron chi connectivity index (χ0n) is 15.5. The van der Waals surface area contributed by atoms with Crippen molar-refractivity contribution in [2.45, 2.75) is 31.4 Å². The summed E-state index contributed by atoms with van der Waals surface area (Å²) in [5.74, 6) is -0.220. The first-order valence-electron chi connectivity index (χ1n) is 9.51. The summed E-state index contributed by atoms with van der Waals surface area (Å²) in [7, 11) is 0. The van der Waals surface area contributed by atoms with Crippen LogP contribution >= 0.6 is 22.7 Å². The van der Waals surface area contributed by atoms with Crippen LogP contribution in [0.1, 0.15) is 34.5 Å². The molecule has 5 rings (SSSR count). The highest BCUT2D eigenvalue weighted by Crippen LogP contribution is 2.28. The molecular formula is C22H19N3O2S2. The number of thiophene rings is 1. The molecule has 2 atom stereocenters. The molecule has 0 radical (unpaired) electrons. The van der Waals surface area contributed by atoms with Gasteiger partial charge in [0.25, 0.3) is 5.91 Å². The number of amides is 1. The third kappa shape index (κ3) is 3.69. The second kappa shape index (κ2) is 7.67. The first kappa shape index (κ1) is 18.4. The van der Waals surface area contributed by atoms with Crippen LogP contribution in [0.3, 0.4) is 0 Å². The van der Waals surface area contributed by atoms with Crippen LogP contribution in [0.5, 0.6) is 0 Å². The maximum atomic E-state index is 12.7. The summed E-state index contributed by atoms with van der Waals surface area (Å²) >= 11 is 3.23. The van der Waals surface area contributed by atoms with Crippen molar-refractivity contribution in [3.8, 4) is 11.3 Å². The smallest absolute Gasteiger partial charge is 0.270 e. The fourth-order valence-corrected chi connectivity index (χ4v) is 4.94. The van der Waals surface area contributed by atoms with E-state index in [9.17, 15) is 9.90 Å². The van der Waals surface area contributed by atoms with E-state index in [0.717, 1.165) is 46.3 Å². The Kier molecular flexibility index (Phi) is 4.87. The van der Waals surface area contributed by atoms with Gasteiger partial charge in [-0.05, 0) is 47.9 Å². The van der Waals surface area contributed by atoms with Crippen molar-refractivity contribution in [1.82, 2.24) is 15.3 Å². The molecule has 1 amide bonds. The number of aliphatic hydroxyl groups is 1. The van der Waals surface area contributed by atoms with E-state index < -0.39 is 6.10 Å². The third-order valence-corrected chi connectivity index (χ3v) is 6.92. The van der Waals surface area contributed by atoms with Crippen LogP contribution in [-0.4, -0.2) is 33.1 Å². The van der Waals surface area contributed by atoms with Crippen molar-refractivity contribution >= 4 is 38.8 Å². The van der Waals surface area contributed by atoms with Crippen LogP contribution in [-0.2, 0) is 6.42 Å². The van der Waals surface area contributed by atoms with Crippen molar-refractivity contribution in [3.63, 3.8) is 0 Å². The summed E-state index contributed by atoms with van der Waals surface area (Å²) in [6.45, 7) is 0. The minimum Gasteiger partial charge on any atom is -0.391 e. The molecule has 1 aromatic carbocycles. The van der Waals surface area contributed by atoms with Crippen molar-refractivity contribution in [2.75, 3.05) is 0 Å². The maximum absolute atomic E-state index is 12.7. The number of aromatic nitrogens is 2. The molecule has 0 spiro atoms. The van der Waals surface area contributed by atoms with Gasteiger partial charge in [-0.1, -0.05) is 24.3 Å². The fourth-order valence-electron chi connectivity index (χ4n) is 3.53. The van der Waals surface area contributed by atoms with E-state index in [1.807, 2.05) is 28.4 Å². The summed E-state index contributed by atoms with van der Waals surface area (Å²) in [5, 5.41) is 16.7. The highest BCUT2D eigenvalue weighted by Gasteiger charge is 2.30. The van der Waals surface area contributed by atoms with Gasteiger partial charge in [0, 0.05) is 10.9 Å². The molecule has 3 heterocycles. The molecular weight excluding hydrogens is 402 g/mol. The summed E-state index contributed by atoms with van der Waals surface area (Å²) in [5.41, 5.74) is 7.43. The number of hydrogen-bond donors (Lipinski definition) is 2. The number of carbonyl (C=O) groups excluding carboxylic acids is 1. The number of thiazole rings is 1. The molecule has 1 aliphatic carbocycles. The predicted octanol–water partition coefficient (Wildman–Crippen LogP) is 4.26. The Bertz CT molecular complexity index is 1150. The van der Waals surface area contributed by atoms with Gasteiger partial charge in [-0.3, -0.25) is 4.79 Å². The number of pyridine rings is 1. The number of nitrogens with one attached hydrogen (secondary N) is 1. The molecule has 3 aromatic heterocycles. The molecule has 5 nitrogen and oxygen atoms in total. The summed E-state index contributed by atoms with van der Waals surface area (Å²) in [4.78, 5) is 21.5. The predicted molar refractivity (Wildman–Crippen MR) is 116 cm³/mol. The van der Waals surface area contributed by atoms with Gasteiger partial charge in [0.15, 0.2) is 0 Å². The van der Waals surface area contributed by atoms with Crippen LogP contribution in [0.4, 0.5) is 0 Å². The Hall–Kier alpha value is -2.61. The lowest BCUT2D eigenvalue weighted by Crippen LogP contribution is -2.50. The maximum Gasteiger partial charge on any atom is 0.270 e. The van der Waals surface area contributed by atoms with E-state index >= 15 is 0 Å². The largest absolute Gasteiger partial charge is 0.391 e. The average Bonchev–Trinajstić information content (AvgIpc) is 3.43. The molecule has 2 N–H and O–H groups in total. The van der Waals surface area contributed by atoms with Gasteiger partial charge < -0.3 is 10.4 Å². The normalized spacial score (nSPS) is 18.5. The summed E-state index contributed by atoms with van der Waals surface area (Å²) < 4.78 is 1.11. The molecule has 1 aliphatic rings. The van der Waals surface area contributed by atoms with E-state index in [1.165, 1.54) is 5.56 Å². The Balaban J connectivity index is 1.41. The van der Waals surface area contributed by atoms with Crippen LogP contribution in [0.15, 0.2) is 52.7 Å². The standard InChI is InChI=1S/C22H19N3O2S2/c26-20-6-5-16(20)25-22(27)18-10-15(21-17(24-18)7-8-29-21)9-13-1-3-14(4-2-13)19-11-28-12-23-19/h1-4,7-8,10-12,16,20,26H,5-6,9H2,(H,25,27)/t16-,20-/m1/s1. The summed E-state index contributed by atoms with van der Waals surface area (Å²) in [6.07, 6.45) is 1.83. The fraction of sp³-hybridized carbons (Fsp3) is 0.227. The Morgan fingerprint density at radius 2 is 2.07 bits per heavy atom. The number of hydrogen-bond acceptors (Lipinski definition) is 6. The highest BCUT2D eigenvalue weighted by molar-refractivity contribution is 7.17. The lowest BCUT2D eigenvalue weighted by molar-refractivity contribution is 0.0446. The SMILES string of the molecule is O=C(N[C@@H]1CC[C@H]1O)c1cc(Cc2ccc(-c3cscn3)cc2)c2sccc2n1. The van der Waals surface area contributed by atoms with Gasteiger partial charge in [-0.2, -0.15) is 0 Å². The minimum absolute atomic E-state index is 0.163. The minimum atomic E-state index is -0.445. The monoisotopic (exact) mass is 421 g/mol. The number of benzene rings is 1. The number of aliphatic hydroxyl groups excluding tert-OH is 1. The van der Waals surface area contributed by atoms with E-state index in [0.29, 0.717) is 5.69 Å². The lowest BCUT2D eigenvalue weighted by Gasteiger charge is -2.32. The van der Waals surface area contributed by atoms with Crippen LogP contribution in [0.2, 0.25) is 0 Å². The molecule has 0 unspecified atom stereocenters.